The van der Waals surface area contributed by atoms with Crippen LogP contribution in [0.2, 0.25) is 0 Å². The average molecular weight is 328 g/mol. The lowest BCUT2D eigenvalue weighted by molar-refractivity contribution is 0.372. The third kappa shape index (κ3) is 4.22. The van der Waals surface area contributed by atoms with Gasteiger partial charge in [-0.25, -0.2) is 0 Å². The Balaban J connectivity index is 2.15. The molecular formula is C20H24O4. The number of phenolic OH excluding ortho intramolecular Hbond substituents is 2. The van der Waals surface area contributed by atoms with Crippen molar-refractivity contribution in [2.75, 3.05) is 14.2 Å². The molecule has 0 radical (unpaired) electrons. The number of methoxy groups -OCH3 is 2. The minimum Gasteiger partial charge on any atom is -0.504 e. The fourth-order valence-electron chi connectivity index (χ4n) is 2.55. The maximum absolute atomic E-state index is 9.68. The van der Waals surface area contributed by atoms with Crippen LogP contribution in [0.4, 0.5) is 0 Å². The van der Waals surface area contributed by atoms with Crippen LogP contribution in [0.5, 0.6) is 23.0 Å². The highest BCUT2D eigenvalue weighted by Gasteiger charge is 2.10. The number of phenols is 2. The van der Waals surface area contributed by atoms with Crippen molar-refractivity contribution in [2.24, 2.45) is 5.92 Å². The van der Waals surface area contributed by atoms with Crippen LogP contribution in [0.1, 0.15) is 25.0 Å². The minimum atomic E-state index is 0.136. The first-order chi connectivity index (χ1) is 11.4. The monoisotopic (exact) mass is 328 g/mol. The Kier molecular flexibility index (Phi) is 5.74. The van der Waals surface area contributed by atoms with Gasteiger partial charge >= 0.3 is 0 Å². The smallest absolute Gasteiger partial charge is 0.161 e. The number of allylic oxidation sites excluding steroid dienone is 1. The summed E-state index contributed by atoms with van der Waals surface area (Å²) in [6, 6.07) is 10.7. The number of hydrogen-bond acceptors (Lipinski definition) is 4. The fourth-order valence-corrected chi connectivity index (χ4v) is 2.55. The lowest BCUT2D eigenvalue weighted by Gasteiger charge is -2.14. The summed E-state index contributed by atoms with van der Waals surface area (Å²) in [5.41, 5.74) is 3.31. The fraction of sp³-hybridized carbons (Fsp3) is 0.300. The van der Waals surface area contributed by atoms with Crippen molar-refractivity contribution in [3.63, 3.8) is 0 Å². The van der Waals surface area contributed by atoms with E-state index in [0.29, 0.717) is 17.4 Å². The van der Waals surface area contributed by atoms with Gasteiger partial charge in [-0.15, -0.1) is 0 Å². The van der Waals surface area contributed by atoms with E-state index in [0.717, 1.165) is 17.5 Å². The Morgan fingerprint density at radius 2 is 1.58 bits per heavy atom. The number of aromatic hydroxyl groups is 2. The predicted molar refractivity (Wildman–Crippen MR) is 95.8 cm³/mol. The van der Waals surface area contributed by atoms with Crippen molar-refractivity contribution in [1.29, 1.82) is 0 Å². The summed E-state index contributed by atoms with van der Waals surface area (Å²) in [7, 11) is 3.09. The van der Waals surface area contributed by atoms with Gasteiger partial charge in [-0.1, -0.05) is 30.7 Å². The second-order valence-corrected chi connectivity index (χ2v) is 5.93. The van der Waals surface area contributed by atoms with Crippen LogP contribution in [0, 0.1) is 5.92 Å². The molecule has 128 valence electrons. The molecule has 2 N–H and O–H groups in total. The van der Waals surface area contributed by atoms with Crippen LogP contribution < -0.4 is 9.47 Å². The second kappa shape index (κ2) is 7.77. The van der Waals surface area contributed by atoms with E-state index in [4.69, 9.17) is 9.47 Å². The molecule has 0 spiro atoms. The molecule has 24 heavy (non-hydrogen) atoms. The van der Waals surface area contributed by atoms with Crippen molar-refractivity contribution >= 4 is 6.08 Å². The summed E-state index contributed by atoms with van der Waals surface area (Å²) < 4.78 is 10.3. The highest BCUT2D eigenvalue weighted by atomic mass is 16.5. The van der Waals surface area contributed by atoms with Crippen LogP contribution >= 0.6 is 0 Å². The average Bonchev–Trinajstić information content (AvgIpc) is 2.58. The van der Waals surface area contributed by atoms with E-state index >= 15 is 0 Å². The molecule has 0 heterocycles. The lowest BCUT2D eigenvalue weighted by atomic mass is 9.93. The van der Waals surface area contributed by atoms with Crippen LogP contribution in [-0.4, -0.2) is 24.4 Å². The first kappa shape index (κ1) is 17.7. The summed E-state index contributed by atoms with van der Waals surface area (Å²) in [5.74, 6) is 1.56. The van der Waals surface area contributed by atoms with Gasteiger partial charge < -0.3 is 19.7 Å². The standard InChI is InChI=1S/C20H24O4/c1-13(9-15-5-7-17(21)19(11-15)23-3)14(2)10-16-6-8-18(22)20(12-16)24-4/h5-9,11-12,14,21-22H,10H2,1-4H3/b13-9+. The molecule has 0 aliphatic carbocycles. The molecule has 0 saturated carbocycles. The van der Waals surface area contributed by atoms with Crippen LogP contribution in [0.3, 0.4) is 0 Å². The van der Waals surface area contributed by atoms with E-state index in [-0.39, 0.29) is 11.5 Å². The van der Waals surface area contributed by atoms with Gasteiger partial charge in [-0.2, -0.15) is 0 Å². The zero-order valence-electron chi connectivity index (χ0n) is 14.5. The normalized spacial score (nSPS) is 12.8. The first-order valence-corrected chi connectivity index (χ1v) is 7.85. The van der Waals surface area contributed by atoms with Crippen LogP contribution in [-0.2, 0) is 6.42 Å². The molecule has 0 amide bonds. The van der Waals surface area contributed by atoms with E-state index in [1.54, 1.807) is 19.2 Å². The van der Waals surface area contributed by atoms with Gasteiger partial charge in [0.05, 0.1) is 14.2 Å². The largest absolute Gasteiger partial charge is 0.504 e. The highest BCUT2D eigenvalue weighted by molar-refractivity contribution is 5.58. The van der Waals surface area contributed by atoms with Gasteiger partial charge in [-0.3, -0.25) is 0 Å². The van der Waals surface area contributed by atoms with Gasteiger partial charge in [0, 0.05) is 0 Å². The molecule has 0 saturated heterocycles. The van der Waals surface area contributed by atoms with Crippen LogP contribution in [0.25, 0.3) is 6.08 Å². The lowest BCUT2D eigenvalue weighted by Crippen LogP contribution is -2.01. The SMILES string of the molecule is COc1cc(/C=C(\C)C(C)Cc2ccc(O)c(OC)c2)ccc1O. The van der Waals surface area contributed by atoms with Crippen LogP contribution in [0.15, 0.2) is 42.0 Å². The molecule has 2 aromatic rings. The second-order valence-electron chi connectivity index (χ2n) is 5.93. The molecule has 2 rings (SSSR count). The van der Waals surface area contributed by atoms with Gasteiger partial charge in [0.25, 0.3) is 0 Å². The molecule has 0 aromatic heterocycles. The number of ether oxygens (including phenoxy) is 2. The molecule has 1 atom stereocenters. The van der Waals surface area contributed by atoms with E-state index in [1.165, 1.54) is 12.7 Å². The van der Waals surface area contributed by atoms with Gasteiger partial charge in [0.1, 0.15) is 0 Å². The number of benzene rings is 2. The van der Waals surface area contributed by atoms with Crippen molar-refractivity contribution < 1.29 is 19.7 Å². The van der Waals surface area contributed by atoms with Gasteiger partial charge in [0.2, 0.25) is 0 Å². The summed E-state index contributed by atoms with van der Waals surface area (Å²) in [6.07, 6.45) is 2.93. The van der Waals surface area contributed by atoms with Gasteiger partial charge in [-0.05, 0) is 54.7 Å². The Morgan fingerprint density at radius 1 is 1.00 bits per heavy atom. The molecular weight excluding hydrogens is 304 g/mol. The molecule has 1 unspecified atom stereocenters. The molecule has 4 nitrogen and oxygen atoms in total. The maximum Gasteiger partial charge on any atom is 0.161 e. The summed E-state index contributed by atoms with van der Waals surface area (Å²) in [4.78, 5) is 0. The number of rotatable bonds is 6. The topological polar surface area (TPSA) is 58.9 Å². The first-order valence-electron chi connectivity index (χ1n) is 7.85. The summed E-state index contributed by atoms with van der Waals surface area (Å²) in [5, 5.41) is 19.3. The Labute approximate surface area is 143 Å². The van der Waals surface area contributed by atoms with E-state index < -0.39 is 0 Å². The van der Waals surface area contributed by atoms with E-state index in [9.17, 15) is 10.2 Å². The molecule has 0 aliphatic rings. The molecule has 4 heteroatoms. The van der Waals surface area contributed by atoms with E-state index in [2.05, 4.69) is 19.9 Å². The minimum absolute atomic E-state index is 0.136. The van der Waals surface area contributed by atoms with Crippen molar-refractivity contribution in [3.8, 4) is 23.0 Å². The Hall–Kier alpha value is -2.62. The van der Waals surface area contributed by atoms with Gasteiger partial charge in [0.15, 0.2) is 23.0 Å². The third-order valence-corrected chi connectivity index (χ3v) is 4.16. The van der Waals surface area contributed by atoms with Crippen molar-refractivity contribution in [2.45, 2.75) is 20.3 Å². The Morgan fingerprint density at radius 3 is 2.21 bits per heavy atom. The zero-order valence-corrected chi connectivity index (χ0v) is 14.5. The molecule has 2 aromatic carbocycles. The van der Waals surface area contributed by atoms with Crippen molar-refractivity contribution in [3.05, 3.63) is 53.1 Å². The third-order valence-electron chi connectivity index (χ3n) is 4.16. The quantitative estimate of drug-likeness (QED) is 0.825. The maximum atomic E-state index is 9.68. The zero-order chi connectivity index (χ0) is 17.7. The predicted octanol–water partition coefficient (Wildman–Crippen LogP) is 4.40. The van der Waals surface area contributed by atoms with E-state index in [1.807, 2.05) is 24.3 Å². The molecule has 0 aliphatic heterocycles. The molecule has 0 fully saturated rings. The summed E-state index contributed by atoms with van der Waals surface area (Å²) in [6.45, 7) is 4.24. The van der Waals surface area contributed by atoms with Crippen molar-refractivity contribution in [1.82, 2.24) is 0 Å². The molecule has 0 bridgehead atoms. The number of hydrogen-bond donors (Lipinski definition) is 2. The Bertz CT molecular complexity index is 734. The highest BCUT2D eigenvalue weighted by Crippen LogP contribution is 2.30. The summed E-state index contributed by atoms with van der Waals surface area (Å²) >= 11 is 0.